The Bertz CT molecular complexity index is 408. The predicted octanol–water partition coefficient (Wildman–Crippen LogP) is 3.13. The molecule has 3 nitrogen and oxygen atoms in total. The molecule has 4 heteroatoms. The third kappa shape index (κ3) is 2.97. The van der Waals surface area contributed by atoms with E-state index in [4.69, 9.17) is 9.84 Å². The quantitative estimate of drug-likeness (QED) is 0.878. The minimum atomic E-state index is 0.258. The van der Waals surface area contributed by atoms with Gasteiger partial charge in [0.1, 0.15) is 22.7 Å². The van der Waals surface area contributed by atoms with Gasteiger partial charge in [0.25, 0.3) is 0 Å². The normalized spacial score (nSPS) is 10.1. The molecule has 0 bridgehead atoms. The van der Waals surface area contributed by atoms with Crippen molar-refractivity contribution in [1.29, 1.82) is 0 Å². The fourth-order valence-electron chi connectivity index (χ4n) is 1.21. The van der Waals surface area contributed by atoms with Crippen molar-refractivity contribution in [2.75, 3.05) is 0 Å². The third-order valence-electron chi connectivity index (χ3n) is 2.04. The minimum Gasteiger partial charge on any atom is -0.508 e. The van der Waals surface area contributed by atoms with Crippen LogP contribution < -0.4 is 4.74 Å². The molecule has 0 saturated carbocycles. The summed E-state index contributed by atoms with van der Waals surface area (Å²) in [5.41, 5.74) is 1.00. The second kappa shape index (κ2) is 4.99. The van der Waals surface area contributed by atoms with Gasteiger partial charge < -0.3 is 9.84 Å². The molecule has 2 rings (SSSR count). The van der Waals surface area contributed by atoms with Crippen molar-refractivity contribution in [3.8, 4) is 11.5 Å². The van der Waals surface area contributed by atoms with E-state index in [1.807, 2.05) is 24.3 Å². The maximum Gasteiger partial charge on any atom is 0.138 e. The van der Waals surface area contributed by atoms with E-state index in [0.29, 0.717) is 6.61 Å². The fraction of sp³-hybridized carbons (Fsp3) is 0.0833. The average Bonchev–Trinajstić information content (AvgIpc) is 2.30. The van der Waals surface area contributed by atoms with Gasteiger partial charge in [-0.25, -0.2) is 4.98 Å². The molecule has 82 valence electrons. The standard InChI is InChI=1S/C12H10BrNO2/c13-12-6-5-11(7-14-12)16-8-9-1-3-10(15)4-2-9/h1-7,15H,8H2. The molecule has 0 fully saturated rings. The molecule has 16 heavy (non-hydrogen) atoms. The second-order valence-corrected chi connectivity index (χ2v) is 4.08. The van der Waals surface area contributed by atoms with Crippen LogP contribution in [0.25, 0.3) is 0 Å². The van der Waals surface area contributed by atoms with Crippen LogP contribution in [-0.2, 0) is 6.61 Å². The van der Waals surface area contributed by atoms with E-state index in [1.165, 1.54) is 0 Å². The van der Waals surface area contributed by atoms with E-state index >= 15 is 0 Å². The SMILES string of the molecule is Oc1ccc(COc2ccc(Br)nc2)cc1. The highest BCUT2D eigenvalue weighted by Gasteiger charge is 1.97. The number of halogens is 1. The molecule has 0 atom stereocenters. The number of pyridine rings is 1. The van der Waals surface area contributed by atoms with Gasteiger partial charge in [0, 0.05) is 0 Å². The molecule has 2 aromatic rings. The summed E-state index contributed by atoms with van der Waals surface area (Å²) in [7, 11) is 0. The molecule has 0 aliphatic carbocycles. The Labute approximate surface area is 102 Å². The number of phenolic OH excluding ortho intramolecular Hbond substituents is 1. The van der Waals surface area contributed by atoms with Crippen LogP contribution in [0.5, 0.6) is 11.5 Å². The number of hydrogen-bond donors (Lipinski definition) is 1. The number of benzene rings is 1. The maximum atomic E-state index is 9.12. The zero-order valence-electron chi connectivity index (χ0n) is 8.43. The molecule has 0 aliphatic heterocycles. The number of phenols is 1. The molecule has 0 saturated heterocycles. The van der Waals surface area contributed by atoms with Gasteiger partial charge in [-0.1, -0.05) is 12.1 Å². The van der Waals surface area contributed by atoms with Crippen molar-refractivity contribution in [3.05, 3.63) is 52.8 Å². The number of nitrogens with zero attached hydrogens (tertiary/aromatic N) is 1. The van der Waals surface area contributed by atoms with E-state index in [-0.39, 0.29) is 5.75 Å². The zero-order valence-corrected chi connectivity index (χ0v) is 10.0. The zero-order chi connectivity index (χ0) is 11.4. The van der Waals surface area contributed by atoms with Gasteiger partial charge in [-0.05, 0) is 45.8 Å². The minimum absolute atomic E-state index is 0.258. The van der Waals surface area contributed by atoms with Crippen LogP contribution >= 0.6 is 15.9 Å². The highest BCUT2D eigenvalue weighted by Crippen LogP contribution is 2.15. The van der Waals surface area contributed by atoms with Gasteiger partial charge in [-0.15, -0.1) is 0 Å². The smallest absolute Gasteiger partial charge is 0.138 e. The molecule has 0 amide bonds. The van der Waals surface area contributed by atoms with Crippen LogP contribution in [0.2, 0.25) is 0 Å². The van der Waals surface area contributed by atoms with E-state index < -0.39 is 0 Å². The lowest BCUT2D eigenvalue weighted by molar-refractivity contribution is 0.304. The largest absolute Gasteiger partial charge is 0.508 e. The van der Waals surface area contributed by atoms with E-state index in [0.717, 1.165) is 15.9 Å². The van der Waals surface area contributed by atoms with Gasteiger partial charge in [0.05, 0.1) is 6.20 Å². The lowest BCUT2D eigenvalue weighted by atomic mass is 10.2. The first-order valence-corrected chi connectivity index (χ1v) is 5.55. The molecular formula is C12H10BrNO2. The van der Waals surface area contributed by atoms with Crippen LogP contribution in [-0.4, -0.2) is 10.1 Å². The summed E-state index contributed by atoms with van der Waals surface area (Å²) >= 11 is 3.25. The monoisotopic (exact) mass is 279 g/mol. The van der Waals surface area contributed by atoms with Crippen LogP contribution in [0.1, 0.15) is 5.56 Å². The van der Waals surface area contributed by atoms with E-state index in [9.17, 15) is 0 Å². The maximum absolute atomic E-state index is 9.12. The van der Waals surface area contributed by atoms with Crippen molar-refractivity contribution in [1.82, 2.24) is 4.98 Å². The lowest BCUT2D eigenvalue weighted by Crippen LogP contribution is -1.95. The Balaban J connectivity index is 1.97. The van der Waals surface area contributed by atoms with Gasteiger partial charge in [-0.2, -0.15) is 0 Å². The lowest BCUT2D eigenvalue weighted by Gasteiger charge is -2.05. The predicted molar refractivity (Wildman–Crippen MR) is 64.4 cm³/mol. The van der Waals surface area contributed by atoms with Gasteiger partial charge >= 0.3 is 0 Å². The number of aromatic nitrogens is 1. The molecule has 1 aromatic heterocycles. The van der Waals surface area contributed by atoms with E-state index in [1.54, 1.807) is 18.3 Å². The first kappa shape index (κ1) is 11.0. The van der Waals surface area contributed by atoms with Gasteiger partial charge in [-0.3, -0.25) is 0 Å². The first-order valence-electron chi connectivity index (χ1n) is 4.76. The number of rotatable bonds is 3. The van der Waals surface area contributed by atoms with Crippen molar-refractivity contribution in [2.45, 2.75) is 6.61 Å². The van der Waals surface area contributed by atoms with Crippen molar-refractivity contribution in [2.24, 2.45) is 0 Å². The Morgan fingerprint density at radius 1 is 1.12 bits per heavy atom. The molecule has 1 N–H and O–H groups in total. The molecule has 0 spiro atoms. The summed E-state index contributed by atoms with van der Waals surface area (Å²) in [5.74, 6) is 0.977. The summed E-state index contributed by atoms with van der Waals surface area (Å²) in [6, 6.07) is 10.6. The highest BCUT2D eigenvalue weighted by molar-refractivity contribution is 9.10. The molecule has 0 radical (unpaired) electrons. The average molecular weight is 280 g/mol. The highest BCUT2D eigenvalue weighted by atomic mass is 79.9. The Kier molecular flexibility index (Phi) is 3.41. The first-order chi connectivity index (χ1) is 7.74. The summed E-state index contributed by atoms with van der Waals surface area (Å²) < 4.78 is 6.30. The second-order valence-electron chi connectivity index (χ2n) is 3.27. The molecule has 1 heterocycles. The summed E-state index contributed by atoms with van der Waals surface area (Å²) in [5, 5.41) is 9.12. The molecule has 1 aromatic carbocycles. The van der Waals surface area contributed by atoms with Gasteiger partial charge in [0.2, 0.25) is 0 Å². The van der Waals surface area contributed by atoms with Crippen LogP contribution in [0.4, 0.5) is 0 Å². The van der Waals surface area contributed by atoms with Crippen LogP contribution in [0.15, 0.2) is 47.2 Å². The number of hydrogen-bond acceptors (Lipinski definition) is 3. The molecule has 0 unspecified atom stereocenters. The fourth-order valence-corrected chi connectivity index (χ4v) is 1.44. The third-order valence-corrected chi connectivity index (χ3v) is 2.51. The van der Waals surface area contributed by atoms with Crippen molar-refractivity contribution in [3.63, 3.8) is 0 Å². The summed E-state index contributed by atoms with van der Waals surface area (Å²) in [4.78, 5) is 4.06. The number of ether oxygens (including phenoxy) is 1. The Morgan fingerprint density at radius 3 is 2.50 bits per heavy atom. The number of aromatic hydroxyl groups is 1. The van der Waals surface area contributed by atoms with E-state index in [2.05, 4.69) is 20.9 Å². The molecular weight excluding hydrogens is 270 g/mol. The van der Waals surface area contributed by atoms with Crippen LogP contribution in [0, 0.1) is 0 Å². The van der Waals surface area contributed by atoms with Crippen molar-refractivity contribution < 1.29 is 9.84 Å². The van der Waals surface area contributed by atoms with Crippen LogP contribution in [0.3, 0.4) is 0 Å². The van der Waals surface area contributed by atoms with Crippen molar-refractivity contribution >= 4 is 15.9 Å². The summed E-state index contributed by atoms with van der Waals surface area (Å²) in [6.45, 7) is 0.462. The topological polar surface area (TPSA) is 42.4 Å². The van der Waals surface area contributed by atoms with Gasteiger partial charge in [0.15, 0.2) is 0 Å². The Morgan fingerprint density at radius 2 is 1.88 bits per heavy atom. The molecule has 0 aliphatic rings. The Hall–Kier alpha value is -1.55. The summed E-state index contributed by atoms with van der Waals surface area (Å²) in [6.07, 6.45) is 1.66.